The molecule has 6 heteroatoms. The van der Waals surface area contributed by atoms with Crippen LogP contribution in [0.4, 0.5) is 22.7 Å². The zero-order chi connectivity index (χ0) is 35.1. The van der Waals surface area contributed by atoms with E-state index in [-0.39, 0.29) is 17.7 Å². The van der Waals surface area contributed by atoms with Gasteiger partial charge in [-0.3, -0.25) is 9.59 Å². The van der Waals surface area contributed by atoms with Gasteiger partial charge in [0.05, 0.1) is 16.8 Å². The number of hydrogen-bond acceptors (Lipinski definition) is 4. The molecule has 6 nitrogen and oxygen atoms in total. The maximum absolute atomic E-state index is 12.8. The van der Waals surface area contributed by atoms with Crippen LogP contribution in [0, 0.1) is 11.3 Å². The highest BCUT2D eigenvalue weighted by Crippen LogP contribution is 2.26. The number of allylic oxidation sites excluding steroid dienone is 1. The minimum absolute atomic E-state index is 0.00170. The van der Waals surface area contributed by atoms with Crippen LogP contribution in [0.25, 0.3) is 0 Å². The van der Waals surface area contributed by atoms with Gasteiger partial charge in [0.2, 0.25) is 11.8 Å². The Bertz CT molecular complexity index is 1730. The van der Waals surface area contributed by atoms with E-state index in [0.29, 0.717) is 0 Å². The number of aliphatic imine (C=N–C) groups is 2. The summed E-state index contributed by atoms with van der Waals surface area (Å²) in [5, 5.41) is 6.13. The maximum atomic E-state index is 12.8. The van der Waals surface area contributed by atoms with Gasteiger partial charge < -0.3 is 10.6 Å². The van der Waals surface area contributed by atoms with Crippen LogP contribution in [-0.4, -0.2) is 17.8 Å². The molecule has 2 amide bonds. The smallest absolute Gasteiger partial charge is 0.234 e. The van der Waals surface area contributed by atoms with Crippen LogP contribution >= 0.6 is 0 Å². The van der Waals surface area contributed by atoms with Gasteiger partial charge in [-0.05, 0) is 117 Å². The molecule has 0 heterocycles. The fraction of sp³-hybridized carbons (Fsp3) is 0.326. The van der Waals surface area contributed by atoms with E-state index in [2.05, 4.69) is 76.9 Å². The van der Waals surface area contributed by atoms with E-state index in [1.54, 1.807) is 0 Å². The van der Waals surface area contributed by atoms with E-state index >= 15 is 0 Å². The van der Waals surface area contributed by atoms with Crippen molar-refractivity contribution in [3.63, 3.8) is 0 Å². The molecular weight excluding hydrogens is 604 g/mol. The molecule has 254 valence electrons. The number of carbonyl (C=O) groups excluding carboxylic acids is 2. The van der Waals surface area contributed by atoms with Gasteiger partial charge in [0.25, 0.3) is 0 Å². The Morgan fingerprint density at radius 2 is 1.08 bits per heavy atom. The largest absolute Gasteiger partial charge is 0.326 e. The van der Waals surface area contributed by atoms with Crippen LogP contribution in [0.3, 0.4) is 0 Å². The monoisotopic (exact) mass is 654 g/mol. The Kier molecular flexibility index (Phi) is 13.9. The Hall–Kier alpha value is -5.06. The zero-order valence-electron chi connectivity index (χ0n) is 29.6. The standard InChI is InChI=1S/C43H50N4O2/c1-6-10-36(11-7-2)41(48)46-39-24-16-34(17-25-39)29-32-12-20-37(21-13-32)44-31-45-38-22-14-33(15-23-38)30-35-18-26-40(27-19-35)47-42(49)43(5,9-4)28-8-3/h8,12-28,36H,6-7,9-11,29-30H2,1-5H3,(H,46,48)(H,47,49)/b28-8-. The first-order valence-electron chi connectivity index (χ1n) is 17.5. The first-order chi connectivity index (χ1) is 23.7. The van der Waals surface area contributed by atoms with Gasteiger partial charge in [-0.2, -0.15) is 9.98 Å². The molecule has 0 aromatic heterocycles. The second-order valence-electron chi connectivity index (χ2n) is 12.9. The molecule has 0 aliphatic rings. The Morgan fingerprint density at radius 3 is 1.47 bits per heavy atom. The molecule has 4 rings (SSSR count). The summed E-state index contributed by atoms with van der Waals surface area (Å²) < 4.78 is 0. The minimum Gasteiger partial charge on any atom is -0.326 e. The van der Waals surface area contributed by atoms with E-state index in [1.807, 2.05) is 93.6 Å². The lowest BCUT2D eigenvalue weighted by molar-refractivity contribution is -0.122. The van der Waals surface area contributed by atoms with Crippen molar-refractivity contribution in [2.45, 2.75) is 79.6 Å². The number of nitrogens with zero attached hydrogens (tertiary/aromatic N) is 2. The summed E-state index contributed by atoms with van der Waals surface area (Å²) in [6, 6.07) is 35.1. The molecule has 0 spiro atoms. The van der Waals surface area contributed by atoms with E-state index in [9.17, 15) is 9.59 Å². The molecule has 0 aliphatic carbocycles. The van der Waals surface area contributed by atoms with Crippen molar-refractivity contribution in [3.8, 4) is 0 Å². The highest BCUT2D eigenvalue weighted by molar-refractivity contribution is 5.96. The van der Waals surface area contributed by atoms with E-state index < -0.39 is 5.41 Å². The summed E-state index contributed by atoms with van der Waals surface area (Å²) in [5.41, 5.74) is 7.39. The zero-order valence-corrected chi connectivity index (χ0v) is 29.6. The van der Waals surface area contributed by atoms with Crippen LogP contribution in [0.2, 0.25) is 0 Å². The summed E-state index contributed by atoms with van der Waals surface area (Å²) in [7, 11) is 0. The first-order valence-corrected chi connectivity index (χ1v) is 17.5. The SMILES string of the molecule is C/C=C\C(C)(CC)C(=O)Nc1ccc(Cc2ccc(N=C=Nc3ccc(Cc4ccc(NC(=O)C(CCC)CCC)cc4)cc3)cc2)cc1. The predicted molar refractivity (Wildman–Crippen MR) is 204 cm³/mol. The van der Waals surface area contributed by atoms with Crippen molar-refractivity contribution >= 4 is 40.6 Å². The molecule has 0 aliphatic heterocycles. The molecule has 1 atom stereocenters. The lowest BCUT2D eigenvalue weighted by Crippen LogP contribution is -2.31. The molecule has 0 fully saturated rings. The third kappa shape index (κ3) is 11.3. The number of rotatable bonds is 16. The summed E-state index contributed by atoms with van der Waals surface area (Å²) in [6.07, 6.45) is 10.1. The number of carbonyl (C=O) groups is 2. The van der Waals surface area contributed by atoms with Gasteiger partial charge in [0.15, 0.2) is 0 Å². The summed E-state index contributed by atoms with van der Waals surface area (Å²) >= 11 is 0. The van der Waals surface area contributed by atoms with Crippen LogP contribution in [0.1, 0.15) is 89.0 Å². The Morgan fingerprint density at radius 1 is 0.673 bits per heavy atom. The summed E-state index contributed by atoms with van der Waals surface area (Å²) in [4.78, 5) is 34.2. The number of nitrogens with one attached hydrogen (secondary N) is 2. The molecule has 0 bridgehead atoms. The molecule has 2 N–H and O–H groups in total. The second-order valence-corrected chi connectivity index (χ2v) is 12.9. The number of amides is 2. The highest BCUT2D eigenvalue weighted by Gasteiger charge is 2.28. The fourth-order valence-corrected chi connectivity index (χ4v) is 5.74. The molecule has 4 aromatic rings. The quantitative estimate of drug-likeness (QED) is 0.0931. The van der Waals surface area contributed by atoms with E-state index in [4.69, 9.17) is 0 Å². The topological polar surface area (TPSA) is 82.9 Å². The number of anilines is 2. The van der Waals surface area contributed by atoms with Crippen molar-refractivity contribution in [1.82, 2.24) is 0 Å². The second kappa shape index (κ2) is 18.5. The van der Waals surface area contributed by atoms with Gasteiger partial charge in [0.1, 0.15) is 6.01 Å². The molecule has 0 saturated heterocycles. The lowest BCUT2D eigenvalue weighted by Gasteiger charge is -2.23. The van der Waals surface area contributed by atoms with Gasteiger partial charge in [-0.15, -0.1) is 0 Å². The van der Waals surface area contributed by atoms with Gasteiger partial charge in [-0.1, -0.05) is 94.3 Å². The molecule has 4 aromatic carbocycles. The molecular formula is C43H50N4O2. The van der Waals surface area contributed by atoms with Crippen LogP contribution in [0.5, 0.6) is 0 Å². The Labute approximate surface area is 292 Å². The maximum Gasteiger partial charge on any atom is 0.234 e. The third-order valence-corrected chi connectivity index (χ3v) is 8.91. The average molecular weight is 655 g/mol. The van der Waals surface area contributed by atoms with Crippen LogP contribution in [-0.2, 0) is 22.4 Å². The lowest BCUT2D eigenvalue weighted by atomic mass is 9.86. The van der Waals surface area contributed by atoms with Gasteiger partial charge in [-0.25, -0.2) is 0 Å². The first kappa shape index (κ1) is 36.8. The van der Waals surface area contributed by atoms with Crippen molar-refractivity contribution in [3.05, 3.63) is 131 Å². The average Bonchev–Trinajstić information content (AvgIpc) is 3.11. The molecule has 1 unspecified atom stereocenters. The predicted octanol–water partition coefficient (Wildman–Crippen LogP) is 11.1. The van der Waals surface area contributed by atoms with Crippen LogP contribution in [0.15, 0.2) is 119 Å². The van der Waals surface area contributed by atoms with Crippen molar-refractivity contribution in [1.29, 1.82) is 0 Å². The van der Waals surface area contributed by atoms with Crippen molar-refractivity contribution in [2.24, 2.45) is 21.3 Å². The van der Waals surface area contributed by atoms with Crippen molar-refractivity contribution in [2.75, 3.05) is 10.6 Å². The minimum atomic E-state index is -0.517. The van der Waals surface area contributed by atoms with E-state index in [1.165, 1.54) is 16.7 Å². The van der Waals surface area contributed by atoms with Crippen LogP contribution < -0.4 is 10.6 Å². The molecule has 49 heavy (non-hydrogen) atoms. The molecule has 0 radical (unpaired) electrons. The Balaban J connectivity index is 1.26. The van der Waals surface area contributed by atoms with Gasteiger partial charge in [0, 0.05) is 17.3 Å². The van der Waals surface area contributed by atoms with Gasteiger partial charge >= 0.3 is 0 Å². The van der Waals surface area contributed by atoms with E-state index in [0.717, 1.165) is 73.3 Å². The number of hydrogen-bond donors (Lipinski definition) is 2. The van der Waals surface area contributed by atoms with Crippen molar-refractivity contribution < 1.29 is 9.59 Å². The normalized spacial score (nSPS) is 12.3. The highest BCUT2D eigenvalue weighted by atomic mass is 16.2. The summed E-state index contributed by atoms with van der Waals surface area (Å²) in [5.74, 6) is 0.203. The number of benzene rings is 4. The third-order valence-electron chi connectivity index (χ3n) is 8.91. The summed E-state index contributed by atoms with van der Waals surface area (Å²) in [6.45, 7) is 10.2. The molecule has 0 saturated carbocycles. The fourth-order valence-electron chi connectivity index (χ4n) is 5.74.